The van der Waals surface area contributed by atoms with E-state index in [1.807, 2.05) is 74.5 Å². The van der Waals surface area contributed by atoms with Crippen molar-refractivity contribution in [3.8, 4) is 22.6 Å². The lowest BCUT2D eigenvalue weighted by Crippen LogP contribution is -2.15. The largest absolute Gasteiger partial charge is 0.322 e. The van der Waals surface area contributed by atoms with Crippen molar-refractivity contribution in [1.82, 2.24) is 15.0 Å². The maximum absolute atomic E-state index is 13.0. The first kappa shape index (κ1) is 18.5. The van der Waals surface area contributed by atoms with E-state index in [0.717, 1.165) is 27.9 Å². The van der Waals surface area contributed by atoms with E-state index in [4.69, 9.17) is 4.98 Å². The van der Waals surface area contributed by atoms with Crippen LogP contribution in [0.4, 0.5) is 5.69 Å². The molecule has 0 aliphatic carbocycles. The predicted molar refractivity (Wildman–Crippen MR) is 115 cm³/mol. The Balaban J connectivity index is 1.76. The summed E-state index contributed by atoms with van der Waals surface area (Å²) in [5.41, 5.74) is 5.66. The van der Waals surface area contributed by atoms with Gasteiger partial charge in [0.1, 0.15) is 0 Å². The third kappa shape index (κ3) is 4.19. The van der Waals surface area contributed by atoms with Crippen LogP contribution in [0, 0.1) is 13.8 Å². The van der Waals surface area contributed by atoms with E-state index in [1.165, 1.54) is 0 Å². The van der Waals surface area contributed by atoms with Crippen LogP contribution in [0.5, 0.6) is 0 Å². The van der Waals surface area contributed by atoms with E-state index >= 15 is 0 Å². The number of anilines is 1. The van der Waals surface area contributed by atoms with Crippen LogP contribution in [0.1, 0.15) is 21.5 Å². The molecule has 1 amide bonds. The average Bonchev–Trinajstić information content (AvgIpc) is 2.74. The number of hydrogen-bond donors (Lipinski definition) is 1. The third-order valence-corrected chi connectivity index (χ3v) is 4.57. The zero-order chi connectivity index (χ0) is 20.2. The summed E-state index contributed by atoms with van der Waals surface area (Å²) in [6.45, 7) is 4.02. The fourth-order valence-electron chi connectivity index (χ4n) is 3.04. The van der Waals surface area contributed by atoms with Gasteiger partial charge in [-0.05, 0) is 43.7 Å². The molecule has 5 heteroatoms. The molecule has 0 fully saturated rings. The van der Waals surface area contributed by atoms with Gasteiger partial charge in [-0.25, -0.2) is 9.97 Å². The minimum Gasteiger partial charge on any atom is -0.322 e. The van der Waals surface area contributed by atoms with E-state index in [9.17, 15) is 4.79 Å². The van der Waals surface area contributed by atoms with E-state index in [-0.39, 0.29) is 5.91 Å². The number of benzene rings is 2. The first-order valence-corrected chi connectivity index (χ1v) is 9.32. The lowest BCUT2D eigenvalue weighted by Gasteiger charge is -2.11. The van der Waals surface area contributed by atoms with Gasteiger partial charge in [0, 0.05) is 35.4 Å². The van der Waals surface area contributed by atoms with Gasteiger partial charge in [0.15, 0.2) is 5.82 Å². The smallest absolute Gasteiger partial charge is 0.259 e. The van der Waals surface area contributed by atoms with Crippen molar-refractivity contribution in [2.75, 3.05) is 5.32 Å². The number of aryl methyl sites for hydroxylation is 2. The second-order valence-corrected chi connectivity index (χ2v) is 6.88. The summed E-state index contributed by atoms with van der Waals surface area (Å²) in [7, 11) is 0. The first-order valence-electron chi connectivity index (χ1n) is 9.32. The van der Waals surface area contributed by atoms with Crippen LogP contribution in [0.15, 0.2) is 79.3 Å². The molecule has 0 bridgehead atoms. The van der Waals surface area contributed by atoms with Crippen LogP contribution < -0.4 is 5.32 Å². The Morgan fingerprint density at radius 2 is 1.62 bits per heavy atom. The zero-order valence-electron chi connectivity index (χ0n) is 16.3. The highest BCUT2D eigenvalue weighted by molar-refractivity contribution is 6.08. The van der Waals surface area contributed by atoms with Crippen molar-refractivity contribution < 1.29 is 4.79 Å². The number of aromatic nitrogens is 3. The number of nitrogens with zero attached hydrogens (tertiary/aromatic N) is 3. The molecule has 4 aromatic rings. The van der Waals surface area contributed by atoms with Crippen molar-refractivity contribution in [3.63, 3.8) is 0 Å². The monoisotopic (exact) mass is 380 g/mol. The predicted octanol–water partition coefficient (Wildman–Crippen LogP) is 5.07. The molecule has 1 N–H and O–H groups in total. The molecule has 0 unspecified atom stereocenters. The molecule has 0 radical (unpaired) electrons. The topological polar surface area (TPSA) is 67.8 Å². The normalized spacial score (nSPS) is 10.6. The second kappa shape index (κ2) is 8.02. The molecule has 0 atom stereocenters. The van der Waals surface area contributed by atoms with Crippen LogP contribution in [-0.4, -0.2) is 20.9 Å². The van der Waals surface area contributed by atoms with Gasteiger partial charge >= 0.3 is 0 Å². The molecular formula is C24H20N4O. The summed E-state index contributed by atoms with van der Waals surface area (Å²) in [5.74, 6) is 0.321. The van der Waals surface area contributed by atoms with Gasteiger partial charge in [-0.3, -0.25) is 9.78 Å². The Labute approximate surface area is 169 Å². The van der Waals surface area contributed by atoms with Gasteiger partial charge < -0.3 is 5.32 Å². The number of amides is 1. The van der Waals surface area contributed by atoms with E-state index in [2.05, 4.69) is 15.3 Å². The van der Waals surface area contributed by atoms with Crippen molar-refractivity contribution in [1.29, 1.82) is 0 Å². The summed E-state index contributed by atoms with van der Waals surface area (Å²) < 4.78 is 0. The standard InChI is InChI=1S/C24H20N4O/c1-16-6-8-19(9-7-16)23-26-15-21(22(28-23)18-10-12-25-13-11-18)24(29)27-20-5-3-4-17(2)14-20/h3-15H,1-2H3,(H,27,29). The molecule has 0 saturated carbocycles. The minimum absolute atomic E-state index is 0.252. The van der Waals surface area contributed by atoms with Crippen LogP contribution >= 0.6 is 0 Å². The van der Waals surface area contributed by atoms with Gasteiger partial charge in [0.05, 0.1) is 11.3 Å². The summed E-state index contributed by atoms with van der Waals surface area (Å²) >= 11 is 0. The molecule has 0 aliphatic rings. The Hall–Kier alpha value is -3.86. The summed E-state index contributed by atoms with van der Waals surface area (Å²) in [6.07, 6.45) is 4.96. The fraction of sp³-hybridized carbons (Fsp3) is 0.0833. The highest BCUT2D eigenvalue weighted by Gasteiger charge is 2.17. The number of nitrogens with one attached hydrogen (secondary N) is 1. The quantitative estimate of drug-likeness (QED) is 0.536. The molecule has 2 aromatic carbocycles. The van der Waals surface area contributed by atoms with Gasteiger partial charge in [-0.1, -0.05) is 42.0 Å². The number of hydrogen-bond acceptors (Lipinski definition) is 4. The lowest BCUT2D eigenvalue weighted by atomic mass is 10.1. The van der Waals surface area contributed by atoms with Crippen molar-refractivity contribution >= 4 is 11.6 Å². The molecule has 0 aliphatic heterocycles. The Morgan fingerprint density at radius 1 is 0.862 bits per heavy atom. The Morgan fingerprint density at radius 3 is 2.34 bits per heavy atom. The summed E-state index contributed by atoms with van der Waals surface area (Å²) in [5, 5.41) is 2.94. The van der Waals surface area contributed by atoms with Gasteiger partial charge in [0.2, 0.25) is 0 Å². The summed E-state index contributed by atoms with van der Waals surface area (Å²) in [6, 6.07) is 19.3. The molecule has 0 spiro atoms. The zero-order valence-corrected chi connectivity index (χ0v) is 16.3. The Kier molecular flexibility index (Phi) is 5.12. The number of rotatable bonds is 4. The SMILES string of the molecule is Cc1ccc(-c2ncc(C(=O)Nc3cccc(C)c3)c(-c3ccncc3)n2)cc1. The van der Waals surface area contributed by atoms with Gasteiger partial charge in [0.25, 0.3) is 5.91 Å². The molecule has 2 heterocycles. The molecule has 29 heavy (non-hydrogen) atoms. The van der Waals surface area contributed by atoms with Crippen molar-refractivity contribution in [2.45, 2.75) is 13.8 Å². The molecule has 4 rings (SSSR count). The highest BCUT2D eigenvalue weighted by Crippen LogP contribution is 2.25. The van der Waals surface area contributed by atoms with E-state index in [1.54, 1.807) is 18.6 Å². The van der Waals surface area contributed by atoms with Gasteiger partial charge in [-0.2, -0.15) is 0 Å². The molecule has 2 aromatic heterocycles. The fourth-order valence-corrected chi connectivity index (χ4v) is 3.04. The maximum Gasteiger partial charge on any atom is 0.259 e. The second-order valence-electron chi connectivity index (χ2n) is 6.88. The van der Waals surface area contributed by atoms with Crippen LogP contribution in [0.25, 0.3) is 22.6 Å². The number of carbonyl (C=O) groups is 1. The summed E-state index contributed by atoms with van der Waals surface area (Å²) in [4.78, 5) is 26.3. The molecule has 142 valence electrons. The molecule has 5 nitrogen and oxygen atoms in total. The van der Waals surface area contributed by atoms with Crippen LogP contribution in [0.3, 0.4) is 0 Å². The number of carbonyl (C=O) groups excluding carboxylic acids is 1. The van der Waals surface area contributed by atoms with Crippen LogP contribution in [-0.2, 0) is 0 Å². The molecule has 0 saturated heterocycles. The molecular weight excluding hydrogens is 360 g/mol. The highest BCUT2D eigenvalue weighted by atomic mass is 16.1. The van der Waals surface area contributed by atoms with E-state index in [0.29, 0.717) is 17.1 Å². The van der Waals surface area contributed by atoms with Crippen LogP contribution in [0.2, 0.25) is 0 Å². The van der Waals surface area contributed by atoms with E-state index < -0.39 is 0 Å². The number of pyridine rings is 1. The lowest BCUT2D eigenvalue weighted by molar-refractivity contribution is 0.102. The van der Waals surface area contributed by atoms with Crippen molar-refractivity contribution in [3.05, 3.63) is 95.9 Å². The first-order chi connectivity index (χ1) is 14.1. The van der Waals surface area contributed by atoms with Gasteiger partial charge in [-0.15, -0.1) is 0 Å². The third-order valence-electron chi connectivity index (χ3n) is 4.57. The maximum atomic E-state index is 13.0. The average molecular weight is 380 g/mol. The Bertz CT molecular complexity index is 1160. The van der Waals surface area contributed by atoms with Crippen molar-refractivity contribution in [2.24, 2.45) is 0 Å². The minimum atomic E-state index is -0.252.